The van der Waals surface area contributed by atoms with Crippen LogP contribution < -0.4 is 0 Å². The van der Waals surface area contributed by atoms with Crippen molar-refractivity contribution in [2.75, 3.05) is 13.1 Å². The molecule has 0 N–H and O–H groups in total. The van der Waals surface area contributed by atoms with E-state index in [1.54, 1.807) is 0 Å². The monoisotopic (exact) mass is 137 g/mol. The molecule has 1 nitrogen and oxygen atoms in total. The van der Waals surface area contributed by atoms with Gasteiger partial charge in [-0.3, -0.25) is 0 Å². The summed E-state index contributed by atoms with van der Waals surface area (Å²) in [5.74, 6) is 0. The van der Waals surface area contributed by atoms with Gasteiger partial charge in [0.05, 0.1) is 0 Å². The Balaban J connectivity index is 2.83. The first-order valence-electron chi connectivity index (χ1n) is 3.77. The fourth-order valence-corrected chi connectivity index (χ4v) is 1.31. The lowest BCUT2D eigenvalue weighted by Gasteiger charge is -2.16. The van der Waals surface area contributed by atoms with Crippen molar-refractivity contribution in [2.24, 2.45) is 0 Å². The molecule has 0 unspecified atom stereocenters. The van der Waals surface area contributed by atoms with E-state index in [0.29, 0.717) is 0 Å². The molecule has 1 rings (SSSR count). The lowest BCUT2D eigenvalue weighted by molar-refractivity contribution is 0.415. The third-order valence-corrected chi connectivity index (χ3v) is 2.31. The molecule has 1 aliphatic rings. The van der Waals surface area contributed by atoms with Gasteiger partial charge in [0, 0.05) is 18.8 Å². The maximum absolute atomic E-state index is 3.98. The van der Waals surface area contributed by atoms with Crippen LogP contribution in [0.2, 0.25) is 0 Å². The number of likely N-dealkylation sites (N-methyl/N-ethyl adjacent to an activating group) is 1. The highest BCUT2D eigenvalue weighted by molar-refractivity contribution is 5.37. The predicted octanol–water partition coefficient (Wildman–Crippen LogP) is 2.17. The lowest BCUT2D eigenvalue weighted by Crippen LogP contribution is -2.17. The molecule has 10 heavy (non-hydrogen) atoms. The molecular formula is C9H15N. The van der Waals surface area contributed by atoms with Crippen molar-refractivity contribution >= 4 is 0 Å². The molecule has 0 aliphatic carbocycles. The minimum atomic E-state index is 1.04. The fraction of sp³-hybridized carbons (Fsp3) is 0.556. The Morgan fingerprint density at radius 1 is 1.50 bits per heavy atom. The Morgan fingerprint density at radius 3 is 2.30 bits per heavy atom. The van der Waals surface area contributed by atoms with Crippen LogP contribution in [0.1, 0.15) is 20.8 Å². The number of hydrogen-bond donors (Lipinski definition) is 0. The fourth-order valence-electron chi connectivity index (χ4n) is 1.31. The van der Waals surface area contributed by atoms with E-state index in [9.17, 15) is 0 Å². The van der Waals surface area contributed by atoms with Gasteiger partial charge in [0.2, 0.25) is 0 Å². The van der Waals surface area contributed by atoms with E-state index in [4.69, 9.17) is 0 Å². The molecule has 0 aromatic heterocycles. The van der Waals surface area contributed by atoms with Gasteiger partial charge < -0.3 is 4.90 Å². The smallest absolute Gasteiger partial charge is 0.0423 e. The molecule has 0 aromatic rings. The van der Waals surface area contributed by atoms with Gasteiger partial charge in [-0.15, -0.1) is 0 Å². The van der Waals surface area contributed by atoms with Gasteiger partial charge in [-0.2, -0.15) is 0 Å². The molecule has 1 heteroatoms. The van der Waals surface area contributed by atoms with Crippen LogP contribution in [0.25, 0.3) is 0 Å². The van der Waals surface area contributed by atoms with Crippen molar-refractivity contribution in [3.63, 3.8) is 0 Å². The van der Waals surface area contributed by atoms with Crippen LogP contribution in [-0.2, 0) is 0 Å². The van der Waals surface area contributed by atoms with Crippen molar-refractivity contribution in [3.8, 4) is 0 Å². The highest BCUT2D eigenvalue weighted by Crippen LogP contribution is 2.24. The second-order valence-corrected chi connectivity index (χ2v) is 2.83. The summed E-state index contributed by atoms with van der Waals surface area (Å²) in [6.45, 7) is 12.6. The molecule has 0 saturated carbocycles. The highest BCUT2D eigenvalue weighted by Gasteiger charge is 2.16. The van der Waals surface area contributed by atoms with Gasteiger partial charge >= 0.3 is 0 Å². The van der Waals surface area contributed by atoms with Crippen molar-refractivity contribution < 1.29 is 0 Å². The van der Waals surface area contributed by atoms with E-state index in [1.807, 2.05) is 0 Å². The maximum Gasteiger partial charge on any atom is 0.0423 e. The number of nitrogens with zero attached hydrogens (tertiary/aromatic N) is 1. The summed E-state index contributed by atoms with van der Waals surface area (Å²) in [4.78, 5) is 2.34. The standard InChI is InChI=1S/C9H15N/c1-5-10-6-7(2)8(3)9(10)4/h2,5-6H2,1,3-4H3. The van der Waals surface area contributed by atoms with E-state index in [-0.39, 0.29) is 0 Å². The zero-order valence-corrected chi connectivity index (χ0v) is 7.07. The average molecular weight is 137 g/mol. The summed E-state index contributed by atoms with van der Waals surface area (Å²) in [5, 5.41) is 0. The van der Waals surface area contributed by atoms with E-state index in [0.717, 1.165) is 13.1 Å². The predicted molar refractivity (Wildman–Crippen MR) is 44.8 cm³/mol. The van der Waals surface area contributed by atoms with Crippen LogP contribution in [0.15, 0.2) is 23.4 Å². The van der Waals surface area contributed by atoms with Gasteiger partial charge in [0.1, 0.15) is 0 Å². The largest absolute Gasteiger partial charge is 0.371 e. The van der Waals surface area contributed by atoms with Gasteiger partial charge in [-0.1, -0.05) is 6.58 Å². The first-order chi connectivity index (χ1) is 4.66. The van der Waals surface area contributed by atoms with Crippen LogP contribution >= 0.6 is 0 Å². The minimum Gasteiger partial charge on any atom is -0.371 e. The Labute approximate surface area is 63.0 Å². The Bertz CT molecular complexity index is 189. The van der Waals surface area contributed by atoms with Gasteiger partial charge in [-0.25, -0.2) is 0 Å². The Kier molecular flexibility index (Phi) is 1.84. The first kappa shape index (κ1) is 7.39. The molecule has 0 radical (unpaired) electrons. The van der Waals surface area contributed by atoms with Crippen molar-refractivity contribution in [3.05, 3.63) is 23.4 Å². The minimum absolute atomic E-state index is 1.04. The van der Waals surface area contributed by atoms with Crippen molar-refractivity contribution in [2.45, 2.75) is 20.8 Å². The molecular weight excluding hydrogens is 122 g/mol. The highest BCUT2D eigenvalue weighted by atomic mass is 15.1. The molecule has 0 atom stereocenters. The quantitative estimate of drug-likeness (QED) is 0.535. The lowest BCUT2D eigenvalue weighted by atomic mass is 10.2. The van der Waals surface area contributed by atoms with E-state index in [1.165, 1.54) is 16.8 Å². The van der Waals surface area contributed by atoms with Crippen LogP contribution in [0, 0.1) is 0 Å². The third kappa shape index (κ3) is 0.962. The summed E-state index contributed by atoms with van der Waals surface area (Å²) in [6.07, 6.45) is 0. The number of hydrogen-bond acceptors (Lipinski definition) is 1. The second-order valence-electron chi connectivity index (χ2n) is 2.83. The molecule has 0 spiro atoms. The summed E-state index contributed by atoms with van der Waals surface area (Å²) < 4.78 is 0. The summed E-state index contributed by atoms with van der Waals surface area (Å²) in [7, 11) is 0. The molecule has 0 bridgehead atoms. The summed E-state index contributed by atoms with van der Waals surface area (Å²) in [5.41, 5.74) is 4.05. The number of allylic oxidation sites excluding steroid dienone is 1. The zero-order valence-electron chi connectivity index (χ0n) is 7.07. The van der Waals surface area contributed by atoms with Gasteiger partial charge in [0.15, 0.2) is 0 Å². The molecule has 0 fully saturated rings. The molecule has 1 heterocycles. The SMILES string of the molecule is C=C1CN(CC)C(C)=C1C. The Morgan fingerprint density at radius 2 is 2.10 bits per heavy atom. The second kappa shape index (κ2) is 2.49. The van der Waals surface area contributed by atoms with E-state index >= 15 is 0 Å². The molecule has 0 amide bonds. The van der Waals surface area contributed by atoms with Crippen LogP contribution in [-0.4, -0.2) is 18.0 Å². The van der Waals surface area contributed by atoms with Gasteiger partial charge in [-0.05, 0) is 31.9 Å². The van der Waals surface area contributed by atoms with Crippen LogP contribution in [0.4, 0.5) is 0 Å². The third-order valence-electron chi connectivity index (χ3n) is 2.31. The average Bonchev–Trinajstić information content (AvgIpc) is 2.17. The molecule has 0 saturated heterocycles. The molecule has 0 aromatic carbocycles. The zero-order chi connectivity index (χ0) is 7.72. The van der Waals surface area contributed by atoms with E-state index < -0.39 is 0 Å². The Hall–Kier alpha value is -0.720. The number of rotatable bonds is 1. The normalized spacial score (nSPS) is 19.1. The summed E-state index contributed by atoms with van der Waals surface area (Å²) >= 11 is 0. The summed E-state index contributed by atoms with van der Waals surface area (Å²) in [6, 6.07) is 0. The van der Waals surface area contributed by atoms with E-state index in [2.05, 4.69) is 32.3 Å². The van der Waals surface area contributed by atoms with Crippen LogP contribution in [0.5, 0.6) is 0 Å². The van der Waals surface area contributed by atoms with Gasteiger partial charge in [0.25, 0.3) is 0 Å². The van der Waals surface area contributed by atoms with Crippen LogP contribution in [0.3, 0.4) is 0 Å². The van der Waals surface area contributed by atoms with Crippen molar-refractivity contribution in [1.82, 2.24) is 4.90 Å². The topological polar surface area (TPSA) is 3.24 Å². The molecule has 56 valence electrons. The maximum atomic E-state index is 3.98. The first-order valence-corrected chi connectivity index (χ1v) is 3.77. The van der Waals surface area contributed by atoms with Crippen molar-refractivity contribution in [1.29, 1.82) is 0 Å². The molecule has 1 aliphatic heterocycles.